The normalized spacial score (nSPS) is 12.8. The van der Waals surface area contributed by atoms with E-state index >= 15 is 0 Å². The van der Waals surface area contributed by atoms with E-state index in [9.17, 15) is 21.6 Å². The average molecular weight is 367 g/mol. The van der Waals surface area contributed by atoms with Crippen molar-refractivity contribution in [2.45, 2.75) is 5.51 Å². The predicted molar refractivity (Wildman–Crippen MR) is 47.5 cm³/mol. The van der Waals surface area contributed by atoms with Crippen LogP contribution in [0.5, 0.6) is 0 Å². The molecule has 1 heterocycles. The summed E-state index contributed by atoms with van der Waals surface area (Å²) < 4.78 is 59.8. The molecule has 0 aromatic carbocycles. The van der Waals surface area contributed by atoms with E-state index in [4.69, 9.17) is 0 Å². The van der Waals surface area contributed by atoms with Gasteiger partial charge in [0.15, 0.2) is 0 Å². The van der Waals surface area contributed by atoms with E-state index in [0.717, 1.165) is 3.57 Å². The van der Waals surface area contributed by atoms with Crippen molar-refractivity contribution in [3.8, 4) is 0 Å². The van der Waals surface area contributed by atoms with Crippen molar-refractivity contribution < 1.29 is 42.8 Å². The molecule has 92 valence electrons. The molecule has 0 bridgehead atoms. The van der Waals surface area contributed by atoms with Crippen LogP contribution in [-0.4, -0.2) is 23.8 Å². The van der Waals surface area contributed by atoms with Crippen LogP contribution in [-0.2, 0) is 10.0 Å². The molecule has 0 saturated heterocycles. The molecule has 0 amide bonds. The molecule has 0 aliphatic rings. The molecular weight excluding hydrogens is 360 g/mol. The molecule has 16 heavy (non-hydrogen) atoms. The van der Waals surface area contributed by atoms with Crippen molar-refractivity contribution in [2.75, 3.05) is 9.65 Å². The Balaban J connectivity index is 2.97. The number of pyridine rings is 1. The fraction of sp³-hybridized carbons (Fsp3) is 0.286. The van der Waals surface area contributed by atoms with E-state index in [1.54, 1.807) is 6.07 Å². The molecule has 1 N–H and O–H groups in total. The first kappa shape index (κ1) is 13.5. The van der Waals surface area contributed by atoms with Gasteiger partial charge in [-0.15, -0.1) is 0 Å². The van der Waals surface area contributed by atoms with Crippen LogP contribution in [0.25, 0.3) is 0 Å². The minimum atomic E-state index is -5.38. The SMILES string of the molecule is C[I-]c1ccnc(NS(=O)(=O)C(F)(F)F)c1. The monoisotopic (exact) mass is 367 g/mol. The zero-order valence-corrected chi connectivity index (χ0v) is 10.9. The minimum absolute atomic E-state index is 0.309. The van der Waals surface area contributed by atoms with E-state index in [2.05, 4.69) is 4.98 Å². The van der Waals surface area contributed by atoms with Crippen LogP contribution in [0.3, 0.4) is 0 Å². The summed E-state index contributed by atoms with van der Waals surface area (Å²) in [6.45, 7) is 0. The summed E-state index contributed by atoms with van der Waals surface area (Å²) in [7, 11) is -5.38. The topological polar surface area (TPSA) is 59.1 Å². The fourth-order valence-corrected chi connectivity index (χ4v) is 2.40. The van der Waals surface area contributed by atoms with Crippen molar-refractivity contribution in [3.63, 3.8) is 0 Å². The van der Waals surface area contributed by atoms with E-state index in [-0.39, 0.29) is 27.0 Å². The van der Waals surface area contributed by atoms with Gasteiger partial charge in [-0.25, -0.2) is 0 Å². The Kier molecular flexibility index (Phi) is 3.99. The van der Waals surface area contributed by atoms with Crippen LogP contribution in [0, 0.1) is 3.57 Å². The van der Waals surface area contributed by atoms with E-state index in [1.165, 1.54) is 17.0 Å². The van der Waals surface area contributed by atoms with Crippen molar-refractivity contribution in [3.05, 3.63) is 21.9 Å². The molecule has 0 fully saturated rings. The second-order valence-electron chi connectivity index (χ2n) is 2.60. The molecule has 0 atom stereocenters. The van der Waals surface area contributed by atoms with Gasteiger partial charge in [0.25, 0.3) is 0 Å². The van der Waals surface area contributed by atoms with Crippen molar-refractivity contribution in [1.29, 1.82) is 0 Å². The molecule has 1 aromatic heterocycles. The number of halogens is 4. The van der Waals surface area contributed by atoms with Gasteiger partial charge < -0.3 is 0 Å². The van der Waals surface area contributed by atoms with Crippen LogP contribution in [0.2, 0.25) is 0 Å². The first-order valence-electron chi connectivity index (χ1n) is 3.81. The number of sulfonamides is 1. The van der Waals surface area contributed by atoms with Gasteiger partial charge in [0.2, 0.25) is 0 Å². The first-order valence-corrected chi connectivity index (χ1v) is 8.53. The molecule has 0 aliphatic carbocycles. The van der Waals surface area contributed by atoms with Crippen LogP contribution >= 0.6 is 0 Å². The Morgan fingerprint density at radius 2 is 2.06 bits per heavy atom. The van der Waals surface area contributed by atoms with Gasteiger partial charge >= 0.3 is 101 Å². The summed E-state index contributed by atoms with van der Waals surface area (Å²) in [4.78, 5) is 5.41. The van der Waals surface area contributed by atoms with Gasteiger partial charge in [0.1, 0.15) is 0 Å². The van der Waals surface area contributed by atoms with E-state index in [1.807, 2.05) is 4.93 Å². The number of alkyl halides is 4. The molecule has 4 nitrogen and oxygen atoms in total. The van der Waals surface area contributed by atoms with Gasteiger partial charge in [0, 0.05) is 0 Å². The number of aromatic nitrogens is 1. The molecule has 0 saturated carbocycles. The number of nitrogens with zero attached hydrogens (tertiary/aromatic N) is 1. The number of anilines is 1. The van der Waals surface area contributed by atoms with Gasteiger partial charge in [-0.1, -0.05) is 0 Å². The summed E-state index contributed by atoms with van der Waals surface area (Å²) in [6.07, 6.45) is 1.27. The maximum absolute atomic E-state index is 12.0. The van der Waals surface area contributed by atoms with Crippen LogP contribution in [0.4, 0.5) is 19.0 Å². The summed E-state index contributed by atoms with van der Waals surface area (Å²) in [5.74, 6) is -0.309. The van der Waals surface area contributed by atoms with Gasteiger partial charge in [0.05, 0.1) is 0 Å². The molecule has 0 spiro atoms. The van der Waals surface area contributed by atoms with Gasteiger partial charge in [-0.05, 0) is 0 Å². The standard InChI is InChI=1S/C7H7F3IN2O2S/c1-11-5-2-3-12-6(4-5)13-16(14,15)7(8,9)10/h2-4H,1H3,(H,12,13)/q-1. The molecule has 0 aliphatic heterocycles. The molecular formula is C7H7F3IN2O2S-. The number of nitrogens with one attached hydrogen (secondary N) is 1. The number of hydrogen-bond acceptors (Lipinski definition) is 3. The quantitative estimate of drug-likeness (QED) is 0.509. The summed E-state index contributed by atoms with van der Waals surface area (Å²) in [6, 6.07) is 2.94. The summed E-state index contributed by atoms with van der Waals surface area (Å²) in [5.41, 5.74) is -5.33. The summed E-state index contributed by atoms with van der Waals surface area (Å²) >= 11 is -0.335. The van der Waals surface area contributed by atoms with E-state index in [0.29, 0.717) is 0 Å². The molecule has 1 aromatic rings. The average Bonchev–Trinajstić information content (AvgIpc) is 2.15. The molecule has 1 rings (SSSR count). The Morgan fingerprint density at radius 3 is 2.56 bits per heavy atom. The van der Waals surface area contributed by atoms with Gasteiger partial charge in [-0.2, -0.15) is 0 Å². The Morgan fingerprint density at radius 1 is 1.44 bits per heavy atom. The maximum atomic E-state index is 12.0. The van der Waals surface area contributed by atoms with Crippen LogP contribution < -0.4 is 25.9 Å². The van der Waals surface area contributed by atoms with Gasteiger partial charge in [-0.3, -0.25) is 0 Å². The van der Waals surface area contributed by atoms with Crippen LogP contribution in [0.1, 0.15) is 0 Å². The number of hydrogen-bond donors (Lipinski definition) is 1. The van der Waals surface area contributed by atoms with E-state index < -0.39 is 15.5 Å². The number of rotatable bonds is 3. The predicted octanol–water partition coefficient (Wildman–Crippen LogP) is -1.77. The van der Waals surface area contributed by atoms with Crippen molar-refractivity contribution >= 4 is 15.8 Å². The Hall–Kier alpha value is -0.580. The van der Waals surface area contributed by atoms with Crippen molar-refractivity contribution in [2.24, 2.45) is 0 Å². The third-order valence-electron chi connectivity index (χ3n) is 1.48. The van der Waals surface area contributed by atoms with Crippen molar-refractivity contribution in [1.82, 2.24) is 4.98 Å². The zero-order chi connectivity index (χ0) is 12.4. The first-order chi connectivity index (χ1) is 7.26. The second-order valence-corrected chi connectivity index (χ2v) is 6.60. The third-order valence-corrected chi connectivity index (χ3v) is 4.49. The Bertz CT molecular complexity index is 475. The zero-order valence-electron chi connectivity index (χ0n) is 7.92. The second kappa shape index (κ2) is 4.73. The molecule has 0 radical (unpaired) electrons. The molecule has 0 unspecified atom stereocenters. The Labute approximate surface area is 101 Å². The summed E-state index contributed by atoms with van der Waals surface area (Å²) in [5, 5.41) is 0. The fourth-order valence-electron chi connectivity index (χ4n) is 0.774. The molecule has 9 heteroatoms. The third kappa shape index (κ3) is 3.20. The van der Waals surface area contributed by atoms with Crippen LogP contribution in [0.15, 0.2) is 18.3 Å².